The van der Waals surface area contributed by atoms with E-state index in [0.717, 1.165) is 29.2 Å². The van der Waals surface area contributed by atoms with Crippen molar-refractivity contribution in [3.8, 4) is 0 Å². The van der Waals surface area contributed by atoms with Gasteiger partial charge in [0.05, 0.1) is 18.3 Å². The molecule has 31 heavy (non-hydrogen) atoms. The van der Waals surface area contributed by atoms with Crippen LogP contribution in [0.2, 0.25) is 0 Å². The number of guanidine groups is 1. The van der Waals surface area contributed by atoms with Gasteiger partial charge in [-0.15, -0.1) is 11.3 Å². The first-order chi connectivity index (χ1) is 14.8. The highest BCUT2D eigenvalue weighted by Crippen LogP contribution is 2.24. The van der Waals surface area contributed by atoms with Crippen molar-refractivity contribution in [3.05, 3.63) is 45.4 Å². The van der Waals surface area contributed by atoms with Crippen molar-refractivity contribution < 1.29 is 14.3 Å². The van der Waals surface area contributed by atoms with Gasteiger partial charge in [0.25, 0.3) is 0 Å². The summed E-state index contributed by atoms with van der Waals surface area (Å²) >= 11 is 1.34. The Morgan fingerprint density at radius 2 is 1.94 bits per heavy atom. The van der Waals surface area contributed by atoms with E-state index in [1.807, 2.05) is 45.0 Å². The number of aryl methyl sites for hydroxylation is 1. The average molecular weight is 446 g/mol. The van der Waals surface area contributed by atoms with Gasteiger partial charge in [0.2, 0.25) is 5.91 Å². The summed E-state index contributed by atoms with van der Waals surface area (Å²) in [6.07, 6.45) is 0.772. The van der Waals surface area contributed by atoms with Gasteiger partial charge in [-0.3, -0.25) is 9.79 Å². The molecule has 0 aliphatic carbocycles. The molecular formula is C22H31N5O3S. The molecule has 1 atom stereocenters. The summed E-state index contributed by atoms with van der Waals surface area (Å²) in [6, 6.07) is 7.63. The summed E-state index contributed by atoms with van der Waals surface area (Å²) in [4.78, 5) is 32.9. The maximum Gasteiger partial charge on any atom is 0.350 e. The summed E-state index contributed by atoms with van der Waals surface area (Å²) in [5.41, 5.74) is 2.60. The predicted octanol–water partition coefficient (Wildman–Crippen LogP) is 3.45. The van der Waals surface area contributed by atoms with E-state index in [1.54, 1.807) is 6.92 Å². The van der Waals surface area contributed by atoms with Crippen molar-refractivity contribution in [1.29, 1.82) is 0 Å². The van der Waals surface area contributed by atoms with Crippen LogP contribution in [0.3, 0.4) is 0 Å². The number of esters is 1. The minimum atomic E-state index is -0.332. The van der Waals surface area contributed by atoms with E-state index in [0.29, 0.717) is 29.7 Å². The molecule has 0 fully saturated rings. The number of thiazole rings is 1. The number of anilines is 1. The Kier molecular flexibility index (Phi) is 9.45. The summed E-state index contributed by atoms with van der Waals surface area (Å²) in [6.45, 7) is 10.8. The molecule has 2 rings (SSSR count). The fraction of sp³-hybridized carbons (Fsp3) is 0.455. The number of nitrogens with one attached hydrogen (secondary N) is 3. The Hall–Kier alpha value is -2.94. The third-order valence-corrected chi connectivity index (χ3v) is 5.61. The lowest BCUT2D eigenvalue weighted by atomic mass is 10.1. The number of amides is 1. The van der Waals surface area contributed by atoms with Crippen LogP contribution in [-0.2, 0) is 16.0 Å². The smallest absolute Gasteiger partial charge is 0.350 e. The maximum absolute atomic E-state index is 12.0. The highest BCUT2D eigenvalue weighted by Gasteiger charge is 2.20. The quantitative estimate of drug-likeness (QED) is 0.310. The molecule has 1 heterocycles. The minimum Gasteiger partial charge on any atom is -0.462 e. The number of carbonyl (C=O) groups is 2. The van der Waals surface area contributed by atoms with Crippen molar-refractivity contribution in [2.24, 2.45) is 4.99 Å². The lowest BCUT2D eigenvalue weighted by molar-refractivity contribution is -0.114. The maximum atomic E-state index is 12.0. The van der Waals surface area contributed by atoms with Crippen molar-refractivity contribution in [2.45, 2.75) is 47.1 Å². The van der Waals surface area contributed by atoms with Crippen LogP contribution in [0.4, 0.5) is 5.69 Å². The largest absolute Gasteiger partial charge is 0.462 e. The number of ether oxygens (including phenoxy) is 1. The van der Waals surface area contributed by atoms with Gasteiger partial charge in [0, 0.05) is 25.7 Å². The Bertz CT molecular complexity index is 908. The summed E-state index contributed by atoms with van der Waals surface area (Å²) in [7, 11) is 0. The molecule has 0 saturated heterocycles. The number of nitrogens with zero attached hydrogens (tertiary/aromatic N) is 2. The highest BCUT2D eigenvalue weighted by atomic mass is 32.1. The van der Waals surface area contributed by atoms with Crippen LogP contribution >= 0.6 is 11.3 Å². The van der Waals surface area contributed by atoms with Crippen molar-refractivity contribution in [2.75, 3.05) is 25.0 Å². The molecule has 168 valence electrons. The second kappa shape index (κ2) is 12.0. The normalized spacial score (nSPS) is 12.2. The number of hydrogen-bond donors (Lipinski definition) is 3. The monoisotopic (exact) mass is 445 g/mol. The molecule has 1 amide bonds. The molecular weight excluding hydrogens is 414 g/mol. The number of aromatic nitrogens is 1. The van der Waals surface area contributed by atoms with Gasteiger partial charge < -0.3 is 20.7 Å². The van der Waals surface area contributed by atoms with E-state index in [4.69, 9.17) is 4.74 Å². The van der Waals surface area contributed by atoms with E-state index in [1.165, 1.54) is 18.3 Å². The van der Waals surface area contributed by atoms with Gasteiger partial charge in [-0.1, -0.05) is 12.1 Å². The van der Waals surface area contributed by atoms with Gasteiger partial charge >= 0.3 is 5.97 Å². The third kappa shape index (κ3) is 7.67. The SMILES string of the molecule is CCNC(=NCCc1ccc(NC(C)=O)cc1)NC(C)c1nc(C)c(C(=O)OCC)s1. The zero-order valence-electron chi connectivity index (χ0n) is 18.7. The number of aliphatic imine (C=N–C) groups is 1. The number of rotatable bonds is 9. The molecule has 0 spiro atoms. The molecule has 1 unspecified atom stereocenters. The summed E-state index contributed by atoms with van der Waals surface area (Å²) < 4.78 is 5.10. The molecule has 0 bridgehead atoms. The van der Waals surface area contributed by atoms with Gasteiger partial charge in [0.1, 0.15) is 9.88 Å². The molecule has 2 aromatic rings. The molecule has 9 heteroatoms. The molecule has 0 radical (unpaired) electrons. The molecule has 0 saturated carbocycles. The van der Waals surface area contributed by atoms with Gasteiger partial charge in [0.15, 0.2) is 5.96 Å². The van der Waals surface area contributed by atoms with E-state index in [2.05, 4.69) is 25.9 Å². The van der Waals surface area contributed by atoms with Crippen LogP contribution in [-0.4, -0.2) is 42.5 Å². The number of benzene rings is 1. The lowest BCUT2D eigenvalue weighted by Gasteiger charge is -2.16. The third-order valence-electron chi connectivity index (χ3n) is 4.29. The van der Waals surface area contributed by atoms with Crippen LogP contribution < -0.4 is 16.0 Å². The van der Waals surface area contributed by atoms with Crippen LogP contribution in [0.25, 0.3) is 0 Å². The van der Waals surface area contributed by atoms with Gasteiger partial charge in [-0.25, -0.2) is 9.78 Å². The number of carbonyl (C=O) groups excluding carboxylic acids is 2. The van der Waals surface area contributed by atoms with E-state index >= 15 is 0 Å². The Morgan fingerprint density at radius 3 is 2.55 bits per heavy atom. The van der Waals surface area contributed by atoms with Crippen LogP contribution in [0, 0.1) is 6.92 Å². The fourth-order valence-electron chi connectivity index (χ4n) is 2.83. The average Bonchev–Trinajstić information content (AvgIpc) is 3.11. The Labute approximate surface area is 187 Å². The van der Waals surface area contributed by atoms with Gasteiger partial charge in [-0.2, -0.15) is 0 Å². The highest BCUT2D eigenvalue weighted by molar-refractivity contribution is 7.13. The van der Waals surface area contributed by atoms with Crippen molar-refractivity contribution in [3.63, 3.8) is 0 Å². The van der Waals surface area contributed by atoms with Crippen LogP contribution in [0.5, 0.6) is 0 Å². The van der Waals surface area contributed by atoms with E-state index in [9.17, 15) is 9.59 Å². The standard InChI is InChI=1S/C22H31N5O3S/c1-6-23-22(24-13-12-17-8-10-18(11-9-17)27-16(5)28)26-15(4)20-25-14(3)19(31-20)21(29)30-7-2/h8-11,15H,6-7,12-13H2,1-5H3,(H,27,28)(H2,23,24,26). The Balaban J connectivity index is 1.98. The second-order valence-electron chi connectivity index (χ2n) is 6.94. The van der Waals surface area contributed by atoms with Crippen LogP contribution in [0.15, 0.2) is 29.3 Å². The first-order valence-electron chi connectivity index (χ1n) is 10.4. The van der Waals surface area contributed by atoms with Crippen molar-refractivity contribution in [1.82, 2.24) is 15.6 Å². The van der Waals surface area contributed by atoms with Crippen molar-refractivity contribution >= 4 is 34.9 Å². The topological polar surface area (TPSA) is 105 Å². The zero-order chi connectivity index (χ0) is 22.8. The first kappa shape index (κ1) is 24.3. The molecule has 0 aliphatic heterocycles. The Morgan fingerprint density at radius 1 is 1.23 bits per heavy atom. The van der Waals surface area contributed by atoms with Crippen LogP contribution in [0.1, 0.15) is 59.7 Å². The predicted molar refractivity (Wildman–Crippen MR) is 125 cm³/mol. The molecule has 1 aromatic heterocycles. The fourth-order valence-corrected chi connectivity index (χ4v) is 3.79. The van der Waals surface area contributed by atoms with Gasteiger partial charge in [-0.05, 0) is 51.8 Å². The second-order valence-corrected chi connectivity index (χ2v) is 7.97. The molecule has 8 nitrogen and oxygen atoms in total. The van der Waals surface area contributed by atoms with E-state index in [-0.39, 0.29) is 17.9 Å². The zero-order valence-corrected chi connectivity index (χ0v) is 19.6. The number of hydrogen-bond acceptors (Lipinski definition) is 6. The molecule has 0 aliphatic rings. The first-order valence-corrected chi connectivity index (χ1v) is 11.2. The lowest BCUT2D eigenvalue weighted by Crippen LogP contribution is -2.38. The summed E-state index contributed by atoms with van der Waals surface area (Å²) in [5.74, 6) is 0.272. The molecule has 3 N–H and O–H groups in total. The summed E-state index contributed by atoms with van der Waals surface area (Å²) in [5, 5.41) is 10.2. The minimum absolute atomic E-state index is 0.0855. The molecule has 1 aromatic carbocycles. The van der Waals surface area contributed by atoms with E-state index < -0.39 is 0 Å².